The van der Waals surface area contributed by atoms with Crippen LogP contribution in [0.1, 0.15) is 41.0 Å². The normalized spacial score (nSPS) is 8.50. The smallest absolute Gasteiger partial charge is 0.134 e. The summed E-state index contributed by atoms with van der Waals surface area (Å²) >= 11 is 0. The molecule has 0 aliphatic carbocycles. The van der Waals surface area contributed by atoms with Crippen LogP contribution in [-0.4, -0.2) is 5.78 Å². The van der Waals surface area contributed by atoms with Crippen molar-refractivity contribution in [1.82, 2.24) is 0 Å². The van der Waals surface area contributed by atoms with Crippen molar-refractivity contribution in [2.24, 2.45) is 0 Å². The molecule has 1 nitrogen and oxygen atoms in total. The van der Waals surface area contributed by atoms with Gasteiger partial charge in [-0.1, -0.05) is 59.1 Å². The van der Waals surface area contributed by atoms with Crippen molar-refractivity contribution in [2.45, 2.75) is 41.0 Å². The van der Waals surface area contributed by atoms with Gasteiger partial charge in [0.2, 0.25) is 0 Å². The van der Waals surface area contributed by atoms with E-state index in [9.17, 15) is 4.79 Å². The number of hydrogen-bond donors (Lipinski definition) is 0. The van der Waals surface area contributed by atoms with E-state index < -0.39 is 0 Å². The molecule has 0 saturated carbocycles. The minimum atomic E-state index is 0.146. The lowest BCUT2D eigenvalue weighted by atomic mass is 10.1. The van der Waals surface area contributed by atoms with E-state index in [2.05, 4.69) is 13.2 Å². The maximum Gasteiger partial charge on any atom is 0.134 e. The highest BCUT2D eigenvalue weighted by atomic mass is 16.1. The second kappa shape index (κ2) is 17.8. The molecule has 0 aromatic rings. The molecule has 0 saturated heterocycles. The fourth-order valence-corrected chi connectivity index (χ4v) is 0.638. The second-order valence-corrected chi connectivity index (χ2v) is 2.06. The summed E-state index contributed by atoms with van der Waals surface area (Å²) in [5, 5.41) is 0. The summed E-state index contributed by atoms with van der Waals surface area (Å²) < 4.78 is 0. The molecule has 0 aliphatic heterocycles. The van der Waals surface area contributed by atoms with Crippen LogP contribution in [0.3, 0.4) is 0 Å². The van der Waals surface area contributed by atoms with Crippen molar-refractivity contribution in [3.05, 3.63) is 37.0 Å². The molecule has 82 valence electrons. The van der Waals surface area contributed by atoms with Crippen LogP contribution in [-0.2, 0) is 4.79 Å². The third-order valence-corrected chi connectivity index (χ3v) is 1.05. The van der Waals surface area contributed by atoms with Gasteiger partial charge >= 0.3 is 0 Å². The number of Topliss-reactive ketones (excluding diaryl/α,β-unsaturated/α-hetero) is 1. The lowest BCUT2D eigenvalue weighted by Crippen LogP contribution is -1.90. The monoisotopic (exact) mass is 196 g/mol. The van der Waals surface area contributed by atoms with Crippen LogP contribution in [0.2, 0.25) is 0 Å². The maximum absolute atomic E-state index is 10.6. The summed E-state index contributed by atoms with van der Waals surface area (Å²) in [5.74, 6) is 0.146. The molecule has 0 radical (unpaired) electrons. The number of ketones is 1. The first-order valence-electron chi connectivity index (χ1n) is 5.14. The van der Waals surface area contributed by atoms with Crippen molar-refractivity contribution < 1.29 is 4.79 Å². The maximum atomic E-state index is 10.6. The third-order valence-electron chi connectivity index (χ3n) is 1.05. The Kier molecular flexibility index (Phi) is 23.7. The molecule has 0 N–H and O–H groups in total. The van der Waals surface area contributed by atoms with Crippen LogP contribution in [0.15, 0.2) is 37.0 Å². The number of carbonyl (C=O) groups is 1. The van der Waals surface area contributed by atoms with E-state index >= 15 is 0 Å². The van der Waals surface area contributed by atoms with E-state index in [0.717, 1.165) is 5.57 Å². The SMILES string of the molecule is C=C/C=C(\C=C)CC(C)=O.CC.CC. The van der Waals surface area contributed by atoms with Gasteiger partial charge in [0, 0.05) is 6.42 Å². The summed E-state index contributed by atoms with van der Waals surface area (Å²) in [4.78, 5) is 10.6. The molecule has 0 unspecified atom stereocenters. The zero-order valence-electron chi connectivity index (χ0n) is 10.3. The molecule has 0 amide bonds. The molecule has 0 aromatic carbocycles. The molecule has 0 spiro atoms. The molecule has 1 heteroatoms. The molecule has 0 aromatic heterocycles. The van der Waals surface area contributed by atoms with Gasteiger partial charge in [-0.05, 0) is 12.5 Å². The first kappa shape index (κ1) is 18.6. The van der Waals surface area contributed by atoms with Gasteiger partial charge in [-0.2, -0.15) is 0 Å². The Morgan fingerprint density at radius 2 is 1.57 bits per heavy atom. The fraction of sp³-hybridized carbons (Fsp3) is 0.462. The van der Waals surface area contributed by atoms with E-state index in [1.807, 2.05) is 27.7 Å². The molecule has 0 heterocycles. The largest absolute Gasteiger partial charge is 0.300 e. The Hall–Kier alpha value is -1.11. The minimum Gasteiger partial charge on any atom is -0.300 e. The average Bonchev–Trinajstić information content (AvgIpc) is 2.22. The summed E-state index contributed by atoms with van der Waals surface area (Å²) in [6, 6.07) is 0. The summed E-state index contributed by atoms with van der Waals surface area (Å²) in [6.45, 7) is 16.6. The van der Waals surface area contributed by atoms with Gasteiger partial charge in [0.1, 0.15) is 5.78 Å². The summed E-state index contributed by atoms with van der Waals surface area (Å²) in [7, 11) is 0. The molecule has 0 atom stereocenters. The van der Waals surface area contributed by atoms with Gasteiger partial charge in [-0.15, -0.1) is 0 Å². The number of allylic oxidation sites excluding steroid dienone is 4. The Balaban J connectivity index is -0.000000266. The van der Waals surface area contributed by atoms with Crippen molar-refractivity contribution in [2.75, 3.05) is 0 Å². The van der Waals surface area contributed by atoms with Crippen LogP contribution < -0.4 is 0 Å². The molecule has 0 rings (SSSR count). The van der Waals surface area contributed by atoms with Crippen LogP contribution in [0, 0.1) is 0 Å². The van der Waals surface area contributed by atoms with E-state index in [0.29, 0.717) is 6.42 Å². The van der Waals surface area contributed by atoms with Gasteiger partial charge < -0.3 is 0 Å². The van der Waals surface area contributed by atoms with Gasteiger partial charge in [-0.3, -0.25) is 4.79 Å². The zero-order chi connectivity index (χ0) is 12.0. The van der Waals surface area contributed by atoms with Crippen molar-refractivity contribution in [3.8, 4) is 0 Å². The first-order chi connectivity index (χ1) is 6.70. The van der Waals surface area contributed by atoms with Gasteiger partial charge in [-0.25, -0.2) is 0 Å². The highest BCUT2D eigenvalue weighted by Crippen LogP contribution is 2.02. The van der Waals surface area contributed by atoms with Gasteiger partial charge in [0.15, 0.2) is 0 Å². The molecular weight excluding hydrogens is 172 g/mol. The number of carbonyl (C=O) groups excluding carboxylic acids is 1. The van der Waals surface area contributed by atoms with Crippen molar-refractivity contribution in [3.63, 3.8) is 0 Å². The second-order valence-electron chi connectivity index (χ2n) is 2.06. The third kappa shape index (κ3) is 17.1. The lowest BCUT2D eigenvalue weighted by molar-refractivity contribution is -0.116. The van der Waals surface area contributed by atoms with E-state index in [1.54, 1.807) is 25.2 Å². The highest BCUT2D eigenvalue weighted by Gasteiger charge is 1.94. The zero-order valence-corrected chi connectivity index (χ0v) is 10.3. The predicted octanol–water partition coefficient (Wildman–Crippen LogP) is 4.32. The summed E-state index contributed by atoms with van der Waals surface area (Å²) in [6.07, 6.45) is 5.56. The standard InChI is InChI=1S/C9H12O.2C2H6/c1-4-6-9(5-2)7-8(3)10;2*1-2/h4-6H,1-2,7H2,3H3;2*1-2H3/b9-6+;;. The van der Waals surface area contributed by atoms with E-state index in [1.165, 1.54) is 0 Å². The molecule has 14 heavy (non-hydrogen) atoms. The van der Waals surface area contributed by atoms with E-state index in [-0.39, 0.29) is 5.78 Å². The molecule has 0 fully saturated rings. The lowest BCUT2D eigenvalue weighted by Gasteiger charge is -1.93. The van der Waals surface area contributed by atoms with Gasteiger partial charge in [0.05, 0.1) is 0 Å². The van der Waals surface area contributed by atoms with E-state index in [4.69, 9.17) is 0 Å². The number of hydrogen-bond acceptors (Lipinski definition) is 1. The van der Waals surface area contributed by atoms with Crippen molar-refractivity contribution in [1.29, 1.82) is 0 Å². The highest BCUT2D eigenvalue weighted by molar-refractivity contribution is 5.78. The van der Waals surface area contributed by atoms with Crippen LogP contribution >= 0.6 is 0 Å². The first-order valence-corrected chi connectivity index (χ1v) is 5.14. The average molecular weight is 196 g/mol. The topological polar surface area (TPSA) is 17.1 Å². The van der Waals surface area contributed by atoms with Crippen LogP contribution in [0.25, 0.3) is 0 Å². The summed E-state index contributed by atoms with van der Waals surface area (Å²) in [5.41, 5.74) is 0.919. The molecular formula is C13H24O. The quantitative estimate of drug-likeness (QED) is 0.612. The fourth-order valence-electron chi connectivity index (χ4n) is 0.638. The molecule has 0 bridgehead atoms. The van der Waals surface area contributed by atoms with Crippen LogP contribution in [0.4, 0.5) is 0 Å². The van der Waals surface area contributed by atoms with Crippen molar-refractivity contribution >= 4 is 5.78 Å². The van der Waals surface area contributed by atoms with Gasteiger partial charge in [0.25, 0.3) is 0 Å². The Bertz CT molecular complexity index is 176. The Labute approximate surface area is 89.2 Å². The minimum absolute atomic E-state index is 0.146. The predicted molar refractivity (Wildman–Crippen MR) is 66.5 cm³/mol. The van der Waals surface area contributed by atoms with Crippen LogP contribution in [0.5, 0.6) is 0 Å². The Morgan fingerprint density at radius 1 is 1.14 bits per heavy atom. The Morgan fingerprint density at radius 3 is 1.79 bits per heavy atom. The molecule has 0 aliphatic rings. The number of rotatable bonds is 4.